The number of nitrogens with one attached hydrogen (secondary N) is 1. The number of hydrogen-bond acceptors (Lipinski definition) is 7. The number of sulfonamides is 1. The number of esters is 1. The summed E-state index contributed by atoms with van der Waals surface area (Å²) in [6.45, 7) is 0.974. The van der Waals surface area contributed by atoms with Crippen LogP contribution in [0.15, 0.2) is 44.8 Å². The van der Waals surface area contributed by atoms with Crippen molar-refractivity contribution in [1.29, 1.82) is 0 Å². The summed E-state index contributed by atoms with van der Waals surface area (Å²) in [4.78, 5) is 35.6. The minimum atomic E-state index is -3.95. The van der Waals surface area contributed by atoms with Gasteiger partial charge in [-0.3, -0.25) is 18.7 Å². The first-order valence-corrected chi connectivity index (χ1v) is 9.64. The van der Waals surface area contributed by atoms with Crippen LogP contribution in [0.1, 0.15) is 12.6 Å². The van der Waals surface area contributed by atoms with Gasteiger partial charge < -0.3 is 9.47 Å². The molecule has 1 heterocycles. The molecule has 0 bridgehead atoms. The largest absolute Gasteiger partial charge is 0.497 e. The lowest BCUT2D eigenvalue weighted by atomic mass is 10.3. The molecule has 0 spiro atoms. The fraction of sp³-hybridized carbons (Fsp3) is 0.353. The SMILES string of the molecule is COc1ccc(S(=O)(=O)N[C@@H](C)C(=O)OCc2cc(=O)n(C)c(=O)n2C)cc1. The highest BCUT2D eigenvalue weighted by molar-refractivity contribution is 7.89. The van der Waals surface area contributed by atoms with E-state index in [1.807, 2.05) is 0 Å². The van der Waals surface area contributed by atoms with Gasteiger partial charge in [-0.1, -0.05) is 0 Å². The maximum Gasteiger partial charge on any atom is 0.330 e. The van der Waals surface area contributed by atoms with Crippen molar-refractivity contribution in [2.75, 3.05) is 7.11 Å². The molecule has 28 heavy (non-hydrogen) atoms. The normalized spacial score (nSPS) is 12.4. The van der Waals surface area contributed by atoms with Crippen molar-refractivity contribution >= 4 is 16.0 Å². The first-order valence-electron chi connectivity index (χ1n) is 8.15. The van der Waals surface area contributed by atoms with Gasteiger partial charge in [-0.05, 0) is 31.2 Å². The molecule has 0 aliphatic rings. The van der Waals surface area contributed by atoms with E-state index in [-0.39, 0.29) is 17.2 Å². The molecule has 0 saturated heterocycles. The standard InChI is InChI=1S/C17H21N3O7S/c1-11(18-28(24,25)14-7-5-13(26-4)6-8-14)16(22)27-10-12-9-15(21)20(3)17(23)19(12)2/h5-9,11,18H,10H2,1-4H3/t11-/m0/s1. The van der Waals surface area contributed by atoms with Gasteiger partial charge in [0.15, 0.2) is 0 Å². The minimum absolute atomic E-state index is 0.0399. The maximum atomic E-state index is 12.4. The van der Waals surface area contributed by atoms with Crippen LogP contribution in [-0.4, -0.2) is 36.7 Å². The third kappa shape index (κ3) is 4.67. The molecule has 2 rings (SSSR count). The van der Waals surface area contributed by atoms with Crippen LogP contribution in [0.5, 0.6) is 5.75 Å². The second-order valence-electron chi connectivity index (χ2n) is 6.00. The first-order chi connectivity index (χ1) is 13.1. The smallest absolute Gasteiger partial charge is 0.330 e. The molecule has 0 fully saturated rings. The van der Waals surface area contributed by atoms with E-state index in [9.17, 15) is 22.8 Å². The topological polar surface area (TPSA) is 126 Å². The molecule has 1 N–H and O–H groups in total. The number of carbonyl (C=O) groups excluding carboxylic acids is 1. The van der Waals surface area contributed by atoms with Gasteiger partial charge >= 0.3 is 11.7 Å². The number of carbonyl (C=O) groups is 1. The summed E-state index contributed by atoms with van der Waals surface area (Å²) in [5.74, 6) is -0.365. The van der Waals surface area contributed by atoms with Gasteiger partial charge in [0.2, 0.25) is 10.0 Å². The van der Waals surface area contributed by atoms with Crippen molar-refractivity contribution in [2.24, 2.45) is 14.1 Å². The Morgan fingerprint density at radius 3 is 2.32 bits per heavy atom. The molecule has 0 aliphatic carbocycles. The third-order valence-electron chi connectivity index (χ3n) is 4.04. The van der Waals surface area contributed by atoms with E-state index in [2.05, 4.69) is 4.72 Å². The van der Waals surface area contributed by atoms with E-state index in [0.29, 0.717) is 5.75 Å². The Kier molecular flexibility index (Phi) is 6.41. The van der Waals surface area contributed by atoms with Crippen molar-refractivity contribution in [1.82, 2.24) is 13.9 Å². The van der Waals surface area contributed by atoms with Crippen LogP contribution in [0.25, 0.3) is 0 Å². The number of benzene rings is 1. The van der Waals surface area contributed by atoms with Gasteiger partial charge in [-0.25, -0.2) is 13.2 Å². The van der Waals surface area contributed by atoms with Gasteiger partial charge in [0, 0.05) is 20.2 Å². The lowest BCUT2D eigenvalue weighted by Gasteiger charge is -2.15. The zero-order valence-corrected chi connectivity index (χ0v) is 16.6. The van der Waals surface area contributed by atoms with Gasteiger partial charge in [0.25, 0.3) is 5.56 Å². The predicted molar refractivity (Wildman–Crippen MR) is 99.5 cm³/mol. The molecule has 1 aromatic heterocycles. The molecule has 1 atom stereocenters. The quantitative estimate of drug-likeness (QED) is 0.609. The second-order valence-corrected chi connectivity index (χ2v) is 7.71. The third-order valence-corrected chi connectivity index (χ3v) is 5.60. The van der Waals surface area contributed by atoms with Crippen LogP contribution in [-0.2, 0) is 40.3 Å². The molecule has 10 nitrogen and oxygen atoms in total. The molecular formula is C17H21N3O7S. The molecule has 0 amide bonds. The molecular weight excluding hydrogens is 390 g/mol. The number of nitrogens with zero attached hydrogens (tertiary/aromatic N) is 2. The Labute approximate surface area is 161 Å². The van der Waals surface area contributed by atoms with Gasteiger partial charge in [0.05, 0.1) is 17.7 Å². The molecule has 11 heteroatoms. The number of rotatable bonds is 7. The van der Waals surface area contributed by atoms with Crippen molar-refractivity contribution in [3.05, 3.63) is 56.9 Å². The predicted octanol–water partition coefficient (Wildman–Crippen LogP) is -0.497. The molecule has 0 saturated carbocycles. The van der Waals surface area contributed by atoms with E-state index in [0.717, 1.165) is 4.57 Å². The molecule has 2 aromatic rings. The van der Waals surface area contributed by atoms with Crippen LogP contribution in [0.4, 0.5) is 0 Å². The van der Waals surface area contributed by atoms with E-state index in [1.165, 1.54) is 63.0 Å². The van der Waals surface area contributed by atoms with Crippen LogP contribution in [0, 0.1) is 0 Å². The summed E-state index contributed by atoms with van der Waals surface area (Å²) in [5, 5.41) is 0. The summed E-state index contributed by atoms with van der Waals surface area (Å²) in [5.41, 5.74) is -0.916. The summed E-state index contributed by atoms with van der Waals surface area (Å²) in [6.07, 6.45) is 0. The summed E-state index contributed by atoms with van der Waals surface area (Å²) in [6, 6.07) is 5.63. The molecule has 152 valence electrons. The zero-order valence-electron chi connectivity index (χ0n) is 15.8. The summed E-state index contributed by atoms with van der Waals surface area (Å²) in [7, 11) is 0.263. The van der Waals surface area contributed by atoms with Gasteiger partial charge in [-0.2, -0.15) is 4.72 Å². The van der Waals surface area contributed by atoms with Crippen molar-refractivity contribution in [2.45, 2.75) is 24.5 Å². The Morgan fingerprint density at radius 2 is 1.75 bits per heavy atom. The highest BCUT2D eigenvalue weighted by Crippen LogP contribution is 2.15. The molecule has 0 radical (unpaired) electrons. The average Bonchev–Trinajstić information content (AvgIpc) is 2.67. The Bertz CT molecular complexity index is 1090. The maximum absolute atomic E-state index is 12.4. The van der Waals surface area contributed by atoms with E-state index in [4.69, 9.17) is 9.47 Å². The molecule has 0 aliphatic heterocycles. The number of ether oxygens (including phenoxy) is 2. The van der Waals surface area contributed by atoms with E-state index in [1.54, 1.807) is 0 Å². The van der Waals surface area contributed by atoms with Crippen LogP contribution >= 0.6 is 0 Å². The lowest BCUT2D eigenvalue weighted by molar-refractivity contribution is -0.146. The fourth-order valence-electron chi connectivity index (χ4n) is 2.29. The van der Waals surface area contributed by atoms with E-state index >= 15 is 0 Å². The average molecular weight is 411 g/mol. The number of methoxy groups -OCH3 is 1. The monoisotopic (exact) mass is 411 g/mol. The van der Waals surface area contributed by atoms with E-state index < -0.39 is 33.3 Å². The van der Waals surface area contributed by atoms with Crippen molar-refractivity contribution in [3.63, 3.8) is 0 Å². The highest BCUT2D eigenvalue weighted by Gasteiger charge is 2.23. The van der Waals surface area contributed by atoms with Gasteiger partial charge in [-0.15, -0.1) is 0 Å². The Hall–Kier alpha value is -2.92. The molecule has 0 unspecified atom stereocenters. The van der Waals surface area contributed by atoms with Gasteiger partial charge in [0.1, 0.15) is 18.4 Å². The number of aromatic nitrogens is 2. The van der Waals surface area contributed by atoms with Crippen molar-refractivity contribution < 1.29 is 22.7 Å². The van der Waals surface area contributed by atoms with Crippen LogP contribution in [0.3, 0.4) is 0 Å². The fourth-order valence-corrected chi connectivity index (χ4v) is 3.48. The van der Waals surface area contributed by atoms with Crippen LogP contribution in [0.2, 0.25) is 0 Å². The first kappa shape index (κ1) is 21.4. The summed E-state index contributed by atoms with van der Waals surface area (Å²) < 4.78 is 39.0. The summed E-state index contributed by atoms with van der Waals surface area (Å²) >= 11 is 0. The highest BCUT2D eigenvalue weighted by atomic mass is 32.2. The molecule has 1 aromatic carbocycles. The van der Waals surface area contributed by atoms with Crippen LogP contribution < -0.4 is 20.7 Å². The Morgan fingerprint density at radius 1 is 1.14 bits per heavy atom. The Balaban J connectivity index is 2.06. The number of hydrogen-bond donors (Lipinski definition) is 1. The lowest BCUT2D eigenvalue weighted by Crippen LogP contribution is -2.40. The van der Waals surface area contributed by atoms with Crippen molar-refractivity contribution in [3.8, 4) is 5.75 Å². The minimum Gasteiger partial charge on any atom is -0.497 e. The second kappa shape index (κ2) is 8.40. The zero-order chi connectivity index (χ0) is 21.1.